The minimum absolute atomic E-state index is 0.0311. The Morgan fingerprint density at radius 1 is 0.824 bits per heavy atom. The zero-order valence-corrected chi connectivity index (χ0v) is 10.4. The predicted octanol–water partition coefficient (Wildman–Crippen LogP) is 4.81. The van der Waals surface area contributed by atoms with E-state index in [-0.39, 0.29) is 12.2 Å². The van der Waals surface area contributed by atoms with E-state index < -0.39 is 0 Å². The van der Waals surface area contributed by atoms with Crippen molar-refractivity contribution in [3.63, 3.8) is 0 Å². The van der Waals surface area contributed by atoms with Gasteiger partial charge in [-0.2, -0.15) is 0 Å². The minimum Gasteiger partial charge on any atom is -0.359 e. The Bertz CT molecular complexity index is 539. The van der Waals surface area contributed by atoms with Gasteiger partial charge in [0, 0.05) is 5.56 Å². The van der Waals surface area contributed by atoms with Crippen LogP contribution in [-0.2, 0) is 4.74 Å². The minimum atomic E-state index is 0.0311. The van der Waals surface area contributed by atoms with Gasteiger partial charge in [-0.05, 0) is 11.6 Å². The monoisotopic (exact) mass is 264 g/mol. The van der Waals surface area contributed by atoms with Crippen molar-refractivity contribution in [2.75, 3.05) is 0 Å². The van der Waals surface area contributed by atoms with E-state index in [0.29, 0.717) is 10.0 Å². The van der Waals surface area contributed by atoms with Crippen molar-refractivity contribution in [2.45, 2.75) is 12.2 Å². The Hall–Kier alpha value is -1.02. The third kappa shape index (κ3) is 2.06. The maximum absolute atomic E-state index is 6.17. The first-order valence-corrected chi connectivity index (χ1v) is 6.17. The van der Waals surface area contributed by atoms with Crippen LogP contribution in [0.3, 0.4) is 0 Å². The largest absolute Gasteiger partial charge is 0.359 e. The highest BCUT2D eigenvalue weighted by Crippen LogP contribution is 2.53. The molecule has 3 heteroatoms. The number of halogens is 2. The van der Waals surface area contributed by atoms with Crippen LogP contribution in [0.4, 0.5) is 0 Å². The molecular weight excluding hydrogens is 255 g/mol. The lowest BCUT2D eigenvalue weighted by Gasteiger charge is -2.02. The third-order valence-electron chi connectivity index (χ3n) is 2.91. The number of epoxide rings is 1. The second kappa shape index (κ2) is 4.34. The zero-order chi connectivity index (χ0) is 11.8. The van der Waals surface area contributed by atoms with Gasteiger partial charge in [-0.1, -0.05) is 65.7 Å². The molecule has 1 heterocycles. The fourth-order valence-electron chi connectivity index (χ4n) is 1.99. The molecule has 1 saturated heterocycles. The van der Waals surface area contributed by atoms with Gasteiger partial charge < -0.3 is 4.74 Å². The van der Waals surface area contributed by atoms with Crippen LogP contribution in [0.2, 0.25) is 10.0 Å². The molecule has 2 unspecified atom stereocenters. The first-order valence-electron chi connectivity index (χ1n) is 5.41. The molecule has 1 aliphatic rings. The summed E-state index contributed by atoms with van der Waals surface area (Å²) in [6, 6.07) is 15.8. The van der Waals surface area contributed by atoms with Crippen LogP contribution < -0.4 is 0 Å². The molecule has 0 amide bonds. The van der Waals surface area contributed by atoms with Gasteiger partial charge in [0.2, 0.25) is 0 Å². The van der Waals surface area contributed by atoms with Crippen LogP contribution in [0, 0.1) is 0 Å². The highest BCUT2D eigenvalue weighted by Gasteiger charge is 2.42. The van der Waals surface area contributed by atoms with Crippen LogP contribution in [0.1, 0.15) is 23.3 Å². The van der Waals surface area contributed by atoms with Crippen LogP contribution in [0.5, 0.6) is 0 Å². The maximum atomic E-state index is 6.17. The number of hydrogen-bond donors (Lipinski definition) is 0. The fourth-order valence-corrected chi connectivity index (χ4v) is 2.40. The van der Waals surface area contributed by atoms with Gasteiger partial charge in [-0.15, -0.1) is 0 Å². The molecule has 1 fully saturated rings. The van der Waals surface area contributed by atoms with Crippen molar-refractivity contribution in [1.82, 2.24) is 0 Å². The molecule has 3 rings (SSSR count). The molecule has 17 heavy (non-hydrogen) atoms. The second-order valence-corrected chi connectivity index (χ2v) is 4.82. The molecule has 2 aromatic carbocycles. The van der Waals surface area contributed by atoms with Crippen molar-refractivity contribution < 1.29 is 4.74 Å². The fraction of sp³-hybridized carbons (Fsp3) is 0.143. The number of rotatable bonds is 2. The molecule has 0 radical (unpaired) electrons. The predicted molar refractivity (Wildman–Crippen MR) is 69.5 cm³/mol. The molecule has 86 valence electrons. The average Bonchev–Trinajstić information content (AvgIpc) is 3.14. The summed E-state index contributed by atoms with van der Waals surface area (Å²) in [5, 5.41) is 1.17. The summed E-state index contributed by atoms with van der Waals surface area (Å²) in [5.41, 5.74) is 2.14. The molecule has 0 aromatic heterocycles. The summed E-state index contributed by atoms with van der Waals surface area (Å²) in [7, 11) is 0. The highest BCUT2D eigenvalue weighted by molar-refractivity contribution is 6.42. The lowest BCUT2D eigenvalue weighted by atomic mass is 10.0. The van der Waals surface area contributed by atoms with E-state index >= 15 is 0 Å². The molecule has 1 aliphatic heterocycles. The maximum Gasteiger partial charge on any atom is 0.115 e. The average molecular weight is 265 g/mol. The Balaban J connectivity index is 1.88. The molecule has 1 nitrogen and oxygen atoms in total. The Kier molecular flexibility index (Phi) is 2.83. The lowest BCUT2D eigenvalue weighted by Crippen LogP contribution is -1.86. The van der Waals surface area contributed by atoms with E-state index in [1.807, 2.05) is 30.3 Å². The highest BCUT2D eigenvalue weighted by atomic mass is 35.5. The van der Waals surface area contributed by atoms with Gasteiger partial charge in [0.15, 0.2) is 0 Å². The van der Waals surface area contributed by atoms with Crippen LogP contribution in [0.25, 0.3) is 0 Å². The molecule has 2 atom stereocenters. The Morgan fingerprint density at radius 2 is 1.59 bits per heavy atom. The molecule has 0 N–H and O–H groups in total. The zero-order valence-electron chi connectivity index (χ0n) is 8.94. The number of benzene rings is 2. The first-order chi connectivity index (χ1) is 8.27. The molecule has 2 aromatic rings. The van der Waals surface area contributed by atoms with Crippen molar-refractivity contribution >= 4 is 23.2 Å². The molecule has 0 aliphatic carbocycles. The summed E-state index contributed by atoms with van der Waals surface area (Å²) < 4.78 is 5.68. The van der Waals surface area contributed by atoms with Gasteiger partial charge in [0.1, 0.15) is 12.2 Å². The van der Waals surface area contributed by atoms with Crippen molar-refractivity contribution in [2.24, 2.45) is 0 Å². The molecule has 0 bridgehead atoms. The first kappa shape index (κ1) is 11.1. The third-order valence-corrected chi connectivity index (χ3v) is 3.74. The second-order valence-electron chi connectivity index (χ2n) is 4.03. The SMILES string of the molecule is Clc1cccc(C2OC2c2ccccc2)c1Cl. The summed E-state index contributed by atoms with van der Waals surface area (Å²) in [5.74, 6) is 0. The number of ether oxygens (including phenoxy) is 1. The molecule has 0 spiro atoms. The lowest BCUT2D eigenvalue weighted by molar-refractivity contribution is 0.378. The van der Waals surface area contributed by atoms with E-state index in [2.05, 4.69) is 12.1 Å². The molecular formula is C14H10Cl2O. The van der Waals surface area contributed by atoms with Gasteiger partial charge >= 0.3 is 0 Å². The van der Waals surface area contributed by atoms with Crippen molar-refractivity contribution in [1.29, 1.82) is 0 Å². The van der Waals surface area contributed by atoms with E-state index in [0.717, 1.165) is 5.56 Å². The van der Waals surface area contributed by atoms with Crippen LogP contribution in [0.15, 0.2) is 48.5 Å². The van der Waals surface area contributed by atoms with E-state index in [1.54, 1.807) is 6.07 Å². The normalized spacial score (nSPS) is 22.5. The Morgan fingerprint density at radius 3 is 2.35 bits per heavy atom. The topological polar surface area (TPSA) is 12.5 Å². The quantitative estimate of drug-likeness (QED) is 0.710. The van der Waals surface area contributed by atoms with Gasteiger partial charge in [-0.25, -0.2) is 0 Å². The smallest absolute Gasteiger partial charge is 0.115 e. The van der Waals surface area contributed by atoms with E-state index in [9.17, 15) is 0 Å². The molecule has 0 saturated carbocycles. The standard InChI is InChI=1S/C14H10Cl2O/c15-11-8-4-7-10(12(11)16)14-13(17-14)9-5-2-1-3-6-9/h1-8,13-14H. The summed E-state index contributed by atoms with van der Waals surface area (Å²) in [6.45, 7) is 0. The summed E-state index contributed by atoms with van der Waals surface area (Å²) in [4.78, 5) is 0. The van der Waals surface area contributed by atoms with Gasteiger partial charge in [0.05, 0.1) is 10.0 Å². The summed E-state index contributed by atoms with van der Waals surface area (Å²) >= 11 is 12.2. The van der Waals surface area contributed by atoms with Gasteiger partial charge in [-0.3, -0.25) is 0 Å². The summed E-state index contributed by atoms with van der Waals surface area (Å²) in [6.07, 6.45) is 0.135. The van der Waals surface area contributed by atoms with Crippen LogP contribution >= 0.6 is 23.2 Å². The van der Waals surface area contributed by atoms with Gasteiger partial charge in [0.25, 0.3) is 0 Å². The van der Waals surface area contributed by atoms with Crippen molar-refractivity contribution in [3.05, 3.63) is 69.7 Å². The van der Waals surface area contributed by atoms with E-state index in [1.165, 1.54) is 5.56 Å². The van der Waals surface area contributed by atoms with Crippen LogP contribution in [-0.4, -0.2) is 0 Å². The number of hydrogen-bond acceptors (Lipinski definition) is 1. The Labute approximate surface area is 110 Å². The van der Waals surface area contributed by atoms with Crippen molar-refractivity contribution in [3.8, 4) is 0 Å². The van der Waals surface area contributed by atoms with E-state index in [4.69, 9.17) is 27.9 Å².